The second-order valence-electron chi connectivity index (χ2n) is 7.24. The predicted molar refractivity (Wildman–Crippen MR) is 94.5 cm³/mol. The van der Waals surface area contributed by atoms with Crippen LogP contribution in [0.1, 0.15) is 57.7 Å². The average molecular weight is 325 g/mol. The number of carbonyl (C=O) groups is 1. The van der Waals surface area contributed by atoms with Crippen molar-refractivity contribution in [1.82, 2.24) is 10.6 Å². The Balaban J connectivity index is 0.00000242. The topological polar surface area (TPSA) is 41.1 Å². The summed E-state index contributed by atoms with van der Waals surface area (Å²) in [4.78, 5) is 11.9. The lowest BCUT2D eigenvalue weighted by Crippen LogP contribution is -2.36. The second kappa shape index (κ2) is 7.98. The van der Waals surface area contributed by atoms with Crippen LogP contribution >= 0.6 is 12.4 Å². The van der Waals surface area contributed by atoms with E-state index in [1.54, 1.807) is 0 Å². The Bertz CT molecular complexity index is 475. The first kappa shape index (κ1) is 19.0. The molecular weight excluding hydrogens is 296 g/mol. The standard InChI is InChI=1S/C18H28N2O.ClH/c1-13(20-17(21)12-19-11-14-5-6-14)15-7-9-16(10-8-15)18(2,3)4;/h7-10,13-14,19H,5-6,11-12H2,1-4H3,(H,20,21);1H. The molecule has 1 aromatic rings. The zero-order valence-electron chi connectivity index (χ0n) is 14.1. The Morgan fingerprint density at radius 3 is 2.32 bits per heavy atom. The number of rotatable bonds is 6. The Morgan fingerprint density at radius 2 is 1.82 bits per heavy atom. The maximum atomic E-state index is 11.9. The molecule has 124 valence electrons. The van der Waals surface area contributed by atoms with Crippen LogP contribution in [0.15, 0.2) is 24.3 Å². The summed E-state index contributed by atoms with van der Waals surface area (Å²) in [7, 11) is 0. The highest BCUT2D eigenvalue weighted by Gasteiger charge is 2.20. The van der Waals surface area contributed by atoms with Gasteiger partial charge in [0, 0.05) is 0 Å². The smallest absolute Gasteiger partial charge is 0.234 e. The van der Waals surface area contributed by atoms with E-state index in [0.29, 0.717) is 6.54 Å². The number of hydrogen-bond acceptors (Lipinski definition) is 2. The van der Waals surface area contributed by atoms with Gasteiger partial charge in [0.1, 0.15) is 0 Å². The second-order valence-corrected chi connectivity index (χ2v) is 7.24. The van der Waals surface area contributed by atoms with Gasteiger partial charge in [-0.1, -0.05) is 45.0 Å². The first-order chi connectivity index (χ1) is 9.86. The SMILES string of the molecule is CC(NC(=O)CNCC1CC1)c1ccc(C(C)(C)C)cc1.Cl. The summed E-state index contributed by atoms with van der Waals surface area (Å²) in [6, 6.07) is 8.59. The minimum Gasteiger partial charge on any atom is -0.348 e. The van der Waals surface area contributed by atoms with Crippen molar-refractivity contribution in [1.29, 1.82) is 0 Å². The molecule has 2 rings (SSSR count). The number of halogens is 1. The van der Waals surface area contributed by atoms with Crippen LogP contribution in [0, 0.1) is 5.92 Å². The molecule has 0 aromatic heterocycles. The van der Waals surface area contributed by atoms with E-state index >= 15 is 0 Å². The highest BCUT2D eigenvalue weighted by atomic mass is 35.5. The Kier molecular flexibility index (Phi) is 6.89. The Morgan fingerprint density at radius 1 is 1.23 bits per heavy atom. The van der Waals surface area contributed by atoms with Gasteiger partial charge in [-0.2, -0.15) is 0 Å². The zero-order chi connectivity index (χ0) is 15.5. The summed E-state index contributed by atoms with van der Waals surface area (Å²) in [6.07, 6.45) is 2.62. The van der Waals surface area contributed by atoms with E-state index in [0.717, 1.165) is 18.0 Å². The van der Waals surface area contributed by atoms with Crippen LogP contribution in [-0.2, 0) is 10.2 Å². The third-order valence-corrected chi connectivity index (χ3v) is 4.07. The normalized spacial score (nSPS) is 15.8. The van der Waals surface area contributed by atoms with Crippen LogP contribution in [0.3, 0.4) is 0 Å². The fourth-order valence-electron chi connectivity index (χ4n) is 2.36. The van der Waals surface area contributed by atoms with E-state index in [4.69, 9.17) is 0 Å². The van der Waals surface area contributed by atoms with Gasteiger partial charge in [-0.15, -0.1) is 12.4 Å². The van der Waals surface area contributed by atoms with Crippen LogP contribution in [0.5, 0.6) is 0 Å². The highest BCUT2D eigenvalue weighted by molar-refractivity contribution is 5.85. The van der Waals surface area contributed by atoms with E-state index in [1.807, 2.05) is 6.92 Å². The van der Waals surface area contributed by atoms with Crippen LogP contribution in [-0.4, -0.2) is 19.0 Å². The average Bonchev–Trinajstić information content (AvgIpc) is 3.22. The molecule has 2 N–H and O–H groups in total. The molecule has 0 bridgehead atoms. The largest absolute Gasteiger partial charge is 0.348 e. The molecule has 1 aromatic carbocycles. The minimum atomic E-state index is 0. The van der Waals surface area contributed by atoms with E-state index in [9.17, 15) is 4.79 Å². The molecule has 1 saturated carbocycles. The monoisotopic (exact) mass is 324 g/mol. The summed E-state index contributed by atoms with van der Waals surface area (Å²) in [5, 5.41) is 6.27. The van der Waals surface area contributed by atoms with Crippen LogP contribution in [0.4, 0.5) is 0 Å². The molecular formula is C18H29ClN2O. The lowest BCUT2D eigenvalue weighted by Gasteiger charge is -2.20. The molecule has 0 heterocycles. The highest BCUT2D eigenvalue weighted by Crippen LogP contribution is 2.27. The first-order valence-corrected chi connectivity index (χ1v) is 7.97. The molecule has 1 fully saturated rings. The summed E-state index contributed by atoms with van der Waals surface area (Å²) in [5.74, 6) is 0.878. The summed E-state index contributed by atoms with van der Waals surface area (Å²) < 4.78 is 0. The first-order valence-electron chi connectivity index (χ1n) is 7.97. The molecule has 1 aliphatic carbocycles. The number of nitrogens with one attached hydrogen (secondary N) is 2. The number of carbonyl (C=O) groups excluding carboxylic acids is 1. The third-order valence-electron chi connectivity index (χ3n) is 4.07. The molecule has 3 nitrogen and oxygen atoms in total. The molecule has 0 spiro atoms. The molecule has 0 saturated heterocycles. The van der Waals surface area contributed by atoms with Gasteiger partial charge in [0.25, 0.3) is 0 Å². The van der Waals surface area contributed by atoms with Crippen molar-refractivity contribution in [3.8, 4) is 0 Å². The van der Waals surface area contributed by atoms with Crippen molar-refractivity contribution in [3.63, 3.8) is 0 Å². The van der Waals surface area contributed by atoms with Gasteiger partial charge >= 0.3 is 0 Å². The van der Waals surface area contributed by atoms with Gasteiger partial charge in [0.15, 0.2) is 0 Å². The zero-order valence-corrected chi connectivity index (χ0v) is 14.9. The maximum absolute atomic E-state index is 11.9. The number of hydrogen-bond donors (Lipinski definition) is 2. The van der Waals surface area contributed by atoms with Gasteiger partial charge in [-0.25, -0.2) is 0 Å². The van der Waals surface area contributed by atoms with E-state index < -0.39 is 0 Å². The quantitative estimate of drug-likeness (QED) is 0.839. The lowest BCUT2D eigenvalue weighted by atomic mass is 9.86. The molecule has 22 heavy (non-hydrogen) atoms. The molecule has 0 radical (unpaired) electrons. The minimum absolute atomic E-state index is 0. The van der Waals surface area contributed by atoms with E-state index in [1.165, 1.54) is 18.4 Å². The summed E-state index contributed by atoms with van der Waals surface area (Å²) in [5.41, 5.74) is 2.63. The molecule has 1 amide bonds. The van der Waals surface area contributed by atoms with Crippen LogP contribution < -0.4 is 10.6 Å². The van der Waals surface area contributed by atoms with Gasteiger partial charge in [0.2, 0.25) is 5.91 Å². The molecule has 1 aliphatic rings. The van der Waals surface area contributed by atoms with Crippen molar-refractivity contribution < 1.29 is 4.79 Å². The summed E-state index contributed by atoms with van der Waals surface area (Å²) in [6.45, 7) is 10.0. The van der Waals surface area contributed by atoms with Crippen molar-refractivity contribution in [2.24, 2.45) is 5.92 Å². The molecule has 0 aliphatic heterocycles. The van der Waals surface area contributed by atoms with E-state index in [-0.39, 0.29) is 29.8 Å². The molecule has 1 atom stereocenters. The fraction of sp³-hybridized carbons (Fsp3) is 0.611. The summed E-state index contributed by atoms with van der Waals surface area (Å²) >= 11 is 0. The predicted octanol–water partition coefficient (Wildman–Crippen LogP) is 3.58. The third kappa shape index (κ3) is 5.98. The van der Waals surface area contributed by atoms with Gasteiger partial charge in [0.05, 0.1) is 12.6 Å². The Hall–Kier alpha value is -1.06. The lowest BCUT2D eigenvalue weighted by molar-refractivity contribution is -0.120. The van der Waals surface area contributed by atoms with Gasteiger partial charge < -0.3 is 10.6 Å². The number of amides is 1. The van der Waals surface area contributed by atoms with Gasteiger partial charge in [-0.3, -0.25) is 4.79 Å². The fourth-order valence-corrected chi connectivity index (χ4v) is 2.36. The molecule has 1 unspecified atom stereocenters. The number of benzene rings is 1. The van der Waals surface area contributed by atoms with Crippen molar-refractivity contribution in [2.75, 3.05) is 13.1 Å². The van der Waals surface area contributed by atoms with Crippen molar-refractivity contribution >= 4 is 18.3 Å². The Labute approximate surface area is 140 Å². The van der Waals surface area contributed by atoms with Crippen LogP contribution in [0.2, 0.25) is 0 Å². The maximum Gasteiger partial charge on any atom is 0.234 e. The van der Waals surface area contributed by atoms with Crippen LogP contribution in [0.25, 0.3) is 0 Å². The van der Waals surface area contributed by atoms with Crippen molar-refractivity contribution in [3.05, 3.63) is 35.4 Å². The van der Waals surface area contributed by atoms with Gasteiger partial charge in [-0.05, 0) is 48.8 Å². The van der Waals surface area contributed by atoms with E-state index in [2.05, 4.69) is 55.7 Å². The molecule has 4 heteroatoms. The van der Waals surface area contributed by atoms with Crippen molar-refractivity contribution in [2.45, 2.75) is 52.0 Å².